The second-order valence-electron chi connectivity index (χ2n) is 3.75. The largest absolute Gasteiger partial charge is 0.345 e. The summed E-state index contributed by atoms with van der Waals surface area (Å²) in [5.41, 5.74) is 0. The number of Topliss-reactive ketones (excluding diaryl/α,β-unsaturated/α-hetero) is 1. The van der Waals surface area contributed by atoms with Gasteiger partial charge in [-0.3, -0.25) is 4.79 Å². The van der Waals surface area contributed by atoms with Crippen LogP contribution in [0.3, 0.4) is 0 Å². The summed E-state index contributed by atoms with van der Waals surface area (Å²) in [5, 5.41) is 1.00. The van der Waals surface area contributed by atoms with E-state index >= 15 is 0 Å². The van der Waals surface area contributed by atoms with E-state index in [4.69, 9.17) is 0 Å². The number of aromatic nitrogens is 1. The summed E-state index contributed by atoms with van der Waals surface area (Å²) in [6.45, 7) is 4.87. The maximum Gasteiger partial charge on any atom is 0.186 e. The molecule has 1 atom stereocenters. The Labute approximate surface area is 87.8 Å². The van der Waals surface area contributed by atoms with E-state index in [0.717, 1.165) is 16.6 Å². The van der Waals surface area contributed by atoms with Gasteiger partial charge in [0.15, 0.2) is 10.9 Å². The normalized spacial score (nSPS) is 21.6. The van der Waals surface area contributed by atoms with Crippen molar-refractivity contribution in [3.05, 3.63) is 11.1 Å². The van der Waals surface area contributed by atoms with Crippen molar-refractivity contribution in [2.75, 3.05) is 11.4 Å². The van der Waals surface area contributed by atoms with Gasteiger partial charge in [0.1, 0.15) is 0 Å². The Morgan fingerprint density at radius 1 is 1.71 bits per heavy atom. The third kappa shape index (κ3) is 1.66. The molecular weight excluding hydrogens is 196 g/mol. The SMILES string of the molecule is CC(=O)c1cnc(N2CCCC2C)s1. The molecule has 2 rings (SSSR count). The first kappa shape index (κ1) is 9.65. The highest BCUT2D eigenvalue weighted by Crippen LogP contribution is 2.29. The lowest BCUT2D eigenvalue weighted by Crippen LogP contribution is -2.25. The zero-order valence-electron chi connectivity index (χ0n) is 8.49. The molecule has 0 aliphatic carbocycles. The van der Waals surface area contributed by atoms with Gasteiger partial charge in [-0.15, -0.1) is 0 Å². The van der Waals surface area contributed by atoms with Crippen molar-refractivity contribution >= 4 is 22.3 Å². The van der Waals surface area contributed by atoms with Gasteiger partial charge in [0, 0.05) is 19.5 Å². The number of nitrogens with zero attached hydrogens (tertiary/aromatic N) is 2. The van der Waals surface area contributed by atoms with Crippen LogP contribution in [-0.2, 0) is 0 Å². The number of carbonyl (C=O) groups excluding carboxylic acids is 1. The van der Waals surface area contributed by atoms with Gasteiger partial charge < -0.3 is 4.90 Å². The number of hydrogen-bond donors (Lipinski definition) is 0. The van der Waals surface area contributed by atoms with Gasteiger partial charge in [0.05, 0.1) is 11.1 Å². The molecule has 0 radical (unpaired) electrons. The van der Waals surface area contributed by atoms with Crippen LogP contribution in [0.4, 0.5) is 5.13 Å². The van der Waals surface area contributed by atoms with E-state index < -0.39 is 0 Å². The topological polar surface area (TPSA) is 33.2 Å². The van der Waals surface area contributed by atoms with Gasteiger partial charge in [-0.2, -0.15) is 0 Å². The molecule has 1 unspecified atom stereocenters. The molecule has 1 aromatic rings. The molecule has 0 spiro atoms. The van der Waals surface area contributed by atoms with Gasteiger partial charge >= 0.3 is 0 Å². The van der Waals surface area contributed by atoms with Crippen molar-refractivity contribution in [2.45, 2.75) is 32.7 Å². The molecule has 76 valence electrons. The number of hydrogen-bond acceptors (Lipinski definition) is 4. The van der Waals surface area contributed by atoms with Crippen LogP contribution in [0.2, 0.25) is 0 Å². The Bertz CT molecular complexity index is 348. The third-order valence-corrected chi connectivity index (χ3v) is 3.77. The summed E-state index contributed by atoms with van der Waals surface area (Å²) in [6.07, 6.45) is 4.15. The number of thiazole rings is 1. The first-order chi connectivity index (χ1) is 6.68. The van der Waals surface area contributed by atoms with Crippen molar-refractivity contribution in [2.24, 2.45) is 0 Å². The second kappa shape index (κ2) is 3.69. The Balaban J connectivity index is 2.20. The van der Waals surface area contributed by atoms with Crippen LogP contribution in [0.1, 0.15) is 36.4 Å². The lowest BCUT2D eigenvalue weighted by atomic mass is 10.2. The molecule has 14 heavy (non-hydrogen) atoms. The van der Waals surface area contributed by atoms with E-state index in [0.29, 0.717) is 6.04 Å². The smallest absolute Gasteiger partial charge is 0.186 e. The van der Waals surface area contributed by atoms with Crippen molar-refractivity contribution < 1.29 is 4.79 Å². The van der Waals surface area contributed by atoms with E-state index in [-0.39, 0.29) is 5.78 Å². The fraction of sp³-hybridized carbons (Fsp3) is 0.600. The monoisotopic (exact) mass is 210 g/mol. The molecule has 0 saturated carbocycles. The van der Waals surface area contributed by atoms with Gasteiger partial charge in [0.25, 0.3) is 0 Å². The minimum Gasteiger partial charge on any atom is -0.345 e. The standard InChI is InChI=1S/C10H14N2OS/c1-7-4-3-5-12(7)10-11-6-9(14-10)8(2)13/h6-7H,3-5H2,1-2H3. The van der Waals surface area contributed by atoms with E-state index in [2.05, 4.69) is 16.8 Å². The molecular formula is C10H14N2OS. The molecule has 0 aromatic carbocycles. The van der Waals surface area contributed by atoms with Crippen LogP contribution in [0.15, 0.2) is 6.20 Å². The fourth-order valence-electron chi connectivity index (χ4n) is 1.78. The number of rotatable bonds is 2. The van der Waals surface area contributed by atoms with Gasteiger partial charge in [-0.1, -0.05) is 11.3 Å². The molecule has 3 nitrogen and oxygen atoms in total. The van der Waals surface area contributed by atoms with Gasteiger partial charge in [0.2, 0.25) is 0 Å². The summed E-state index contributed by atoms with van der Waals surface area (Å²) in [5.74, 6) is 0.112. The van der Waals surface area contributed by atoms with E-state index in [1.54, 1.807) is 13.1 Å². The molecule has 2 heterocycles. The average molecular weight is 210 g/mol. The molecule has 0 N–H and O–H groups in total. The van der Waals surface area contributed by atoms with Crippen LogP contribution in [0.5, 0.6) is 0 Å². The summed E-state index contributed by atoms with van der Waals surface area (Å²) < 4.78 is 0. The highest BCUT2D eigenvalue weighted by Gasteiger charge is 2.23. The summed E-state index contributed by atoms with van der Waals surface area (Å²) in [7, 11) is 0. The van der Waals surface area contributed by atoms with Crippen molar-refractivity contribution in [3.8, 4) is 0 Å². The number of anilines is 1. The molecule has 1 aromatic heterocycles. The highest BCUT2D eigenvalue weighted by atomic mass is 32.1. The maximum absolute atomic E-state index is 11.1. The summed E-state index contributed by atoms with van der Waals surface area (Å²) in [4.78, 5) is 18.5. The van der Waals surface area contributed by atoms with Crippen molar-refractivity contribution in [3.63, 3.8) is 0 Å². The lowest BCUT2D eigenvalue weighted by Gasteiger charge is -2.19. The van der Waals surface area contributed by atoms with E-state index in [1.165, 1.54) is 24.2 Å². The molecule has 1 saturated heterocycles. The quantitative estimate of drug-likeness (QED) is 0.702. The molecule has 1 aliphatic rings. The predicted molar refractivity (Wildman–Crippen MR) is 58.2 cm³/mol. The lowest BCUT2D eigenvalue weighted by molar-refractivity contribution is 0.102. The van der Waals surface area contributed by atoms with Gasteiger partial charge in [-0.05, 0) is 19.8 Å². The number of ketones is 1. The fourth-order valence-corrected chi connectivity index (χ4v) is 2.72. The number of carbonyl (C=O) groups is 1. The minimum absolute atomic E-state index is 0.112. The maximum atomic E-state index is 11.1. The molecule has 0 amide bonds. The van der Waals surface area contributed by atoms with Crippen LogP contribution in [-0.4, -0.2) is 23.4 Å². The minimum atomic E-state index is 0.112. The summed E-state index contributed by atoms with van der Waals surface area (Å²) >= 11 is 1.51. The van der Waals surface area contributed by atoms with E-state index in [9.17, 15) is 4.79 Å². The zero-order chi connectivity index (χ0) is 10.1. The first-order valence-corrected chi connectivity index (χ1v) is 5.73. The van der Waals surface area contributed by atoms with Crippen LogP contribution >= 0.6 is 11.3 Å². The molecule has 4 heteroatoms. The Hall–Kier alpha value is -0.900. The van der Waals surface area contributed by atoms with Gasteiger partial charge in [-0.25, -0.2) is 4.98 Å². The Morgan fingerprint density at radius 3 is 3.00 bits per heavy atom. The molecule has 0 bridgehead atoms. The van der Waals surface area contributed by atoms with E-state index in [1.807, 2.05) is 0 Å². The van der Waals surface area contributed by atoms with Crippen LogP contribution in [0, 0.1) is 0 Å². The van der Waals surface area contributed by atoms with Crippen LogP contribution < -0.4 is 4.90 Å². The first-order valence-electron chi connectivity index (χ1n) is 4.92. The molecule has 1 fully saturated rings. The predicted octanol–water partition coefficient (Wildman–Crippen LogP) is 2.33. The Kier molecular flexibility index (Phi) is 2.54. The Morgan fingerprint density at radius 2 is 2.50 bits per heavy atom. The third-order valence-electron chi connectivity index (χ3n) is 2.64. The highest BCUT2D eigenvalue weighted by molar-refractivity contribution is 7.17. The van der Waals surface area contributed by atoms with Crippen molar-refractivity contribution in [1.82, 2.24) is 4.98 Å². The average Bonchev–Trinajstić information content (AvgIpc) is 2.71. The second-order valence-corrected chi connectivity index (χ2v) is 4.76. The summed E-state index contributed by atoms with van der Waals surface area (Å²) in [6, 6.07) is 0.570. The molecule has 1 aliphatic heterocycles. The zero-order valence-corrected chi connectivity index (χ0v) is 9.30. The van der Waals surface area contributed by atoms with Crippen molar-refractivity contribution in [1.29, 1.82) is 0 Å². The van der Waals surface area contributed by atoms with Crippen LogP contribution in [0.25, 0.3) is 0 Å².